The lowest BCUT2D eigenvalue weighted by atomic mass is 9.79. The maximum absolute atomic E-state index is 13.1. The molecular formula is C20H26N4O2. The number of aromatic nitrogens is 3. The molecule has 2 heterocycles. The monoisotopic (exact) mass is 354 g/mol. The second-order valence-corrected chi connectivity index (χ2v) is 6.90. The Balaban J connectivity index is 1.76. The van der Waals surface area contributed by atoms with Crippen LogP contribution in [-0.4, -0.2) is 44.3 Å². The zero-order chi connectivity index (χ0) is 18.5. The summed E-state index contributed by atoms with van der Waals surface area (Å²) in [4.78, 5) is 19.0. The van der Waals surface area contributed by atoms with Crippen molar-refractivity contribution >= 4 is 5.91 Å². The van der Waals surface area contributed by atoms with Gasteiger partial charge in [-0.05, 0) is 17.4 Å². The summed E-state index contributed by atoms with van der Waals surface area (Å²) in [5.41, 5.74) is 1.07. The number of rotatable bonds is 7. The number of benzene rings is 1. The highest BCUT2D eigenvalue weighted by atomic mass is 16.5. The van der Waals surface area contributed by atoms with Crippen LogP contribution in [0.25, 0.3) is 0 Å². The summed E-state index contributed by atoms with van der Waals surface area (Å²) in [5.74, 6) is 0.398. The highest BCUT2D eigenvalue weighted by Gasteiger charge is 2.45. The minimum atomic E-state index is -0.447. The number of ether oxygens (including phenoxy) is 1. The van der Waals surface area contributed by atoms with Crippen molar-refractivity contribution in [3.63, 3.8) is 0 Å². The van der Waals surface area contributed by atoms with Gasteiger partial charge in [-0.25, -0.2) is 4.98 Å². The predicted molar refractivity (Wildman–Crippen MR) is 99.1 cm³/mol. The van der Waals surface area contributed by atoms with Gasteiger partial charge in [0, 0.05) is 6.54 Å². The Bertz CT molecular complexity index is 717. The smallest absolute Gasteiger partial charge is 0.252 e. The topological polar surface area (TPSA) is 60.2 Å². The van der Waals surface area contributed by atoms with E-state index in [4.69, 9.17) is 4.74 Å². The molecule has 1 aromatic carbocycles. The van der Waals surface area contributed by atoms with Crippen LogP contribution >= 0.6 is 0 Å². The van der Waals surface area contributed by atoms with Crippen molar-refractivity contribution in [3.05, 3.63) is 61.2 Å². The zero-order valence-electron chi connectivity index (χ0n) is 15.4. The summed E-state index contributed by atoms with van der Waals surface area (Å²) in [7, 11) is 0. The number of hydrogen-bond donors (Lipinski definition) is 0. The average molecular weight is 354 g/mol. The molecule has 0 aliphatic carbocycles. The van der Waals surface area contributed by atoms with Crippen molar-refractivity contribution in [2.75, 3.05) is 6.54 Å². The molecule has 1 amide bonds. The first kappa shape index (κ1) is 18.3. The van der Waals surface area contributed by atoms with Gasteiger partial charge >= 0.3 is 0 Å². The predicted octanol–water partition coefficient (Wildman–Crippen LogP) is 2.53. The van der Waals surface area contributed by atoms with E-state index in [0.29, 0.717) is 19.7 Å². The molecule has 1 aromatic heterocycles. The molecule has 0 bridgehead atoms. The Hall–Kier alpha value is -2.47. The van der Waals surface area contributed by atoms with Crippen LogP contribution in [0.3, 0.4) is 0 Å². The van der Waals surface area contributed by atoms with Gasteiger partial charge in [0.2, 0.25) is 0 Å². The summed E-state index contributed by atoms with van der Waals surface area (Å²) in [6, 6.07) is 9.98. The number of amides is 1. The second-order valence-electron chi connectivity index (χ2n) is 6.90. The molecule has 6 heteroatoms. The number of carbonyl (C=O) groups excluding carboxylic acids is 1. The summed E-state index contributed by atoms with van der Waals surface area (Å²) < 4.78 is 7.84. The molecule has 0 radical (unpaired) electrons. The Morgan fingerprint density at radius 1 is 1.23 bits per heavy atom. The fourth-order valence-corrected chi connectivity index (χ4v) is 3.59. The van der Waals surface area contributed by atoms with Crippen molar-refractivity contribution in [1.82, 2.24) is 19.7 Å². The molecular weight excluding hydrogens is 328 g/mol. The Morgan fingerprint density at radius 3 is 2.65 bits per heavy atom. The van der Waals surface area contributed by atoms with E-state index in [1.807, 2.05) is 35.2 Å². The number of hydrogen-bond acceptors (Lipinski definition) is 4. The fourth-order valence-electron chi connectivity index (χ4n) is 3.59. The zero-order valence-corrected chi connectivity index (χ0v) is 15.4. The minimum Gasteiger partial charge on any atom is -0.363 e. The lowest BCUT2D eigenvalue weighted by Crippen LogP contribution is -2.59. The van der Waals surface area contributed by atoms with Gasteiger partial charge in [-0.1, -0.05) is 50.3 Å². The Kier molecular flexibility index (Phi) is 5.83. The van der Waals surface area contributed by atoms with Gasteiger partial charge < -0.3 is 9.64 Å². The summed E-state index contributed by atoms with van der Waals surface area (Å²) in [6.07, 6.45) is 4.52. The molecule has 0 saturated carbocycles. The summed E-state index contributed by atoms with van der Waals surface area (Å²) >= 11 is 0. The van der Waals surface area contributed by atoms with Crippen LogP contribution in [0.15, 0.2) is 55.6 Å². The molecule has 26 heavy (non-hydrogen) atoms. The van der Waals surface area contributed by atoms with Crippen molar-refractivity contribution in [1.29, 1.82) is 0 Å². The SMILES string of the molecule is C=CCN1C(=O)C(OCc2ccccc2)C(C)C(C)C1Cn1cncn1. The van der Waals surface area contributed by atoms with Crippen LogP contribution in [0.5, 0.6) is 0 Å². The first-order chi connectivity index (χ1) is 12.6. The largest absolute Gasteiger partial charge is 0.363 e. The first-order valence-electron chi connectivity index (χ1n) is 9.01. The van der Waals surface area contributed by atoms with E-state index >= 15 is 0 Å². The third kappa shape index (κ3) is 3.85. The van der Waals surface area contributed by atoms with E-state index in [1.165, 1.54) is 6.33 Å². The van der Waals surface area contributed by atoms with E-state index in [0.717, 1.165) is 5.56 Å². The fraction of sp³-hybridized carbons (Fsp3) is 0.450. The van der Waals surface area contributed by atoms with Crippen LogP contribution in [0.4, 0.5) is 0 Å². The maximum atomic E-state index is 13.1. The molecule has 4 unspecified atom stereocenters. The highest BCUT2D eigenvalue weighted by Crippen LogP contribution is 2.33. The minimum absolute atomic E-state index is 0.0246. The second kappa shape index (κ2) is 8.27. The number of likely N-dealkylation sites (tertiary alicyclic amines) is 1. The molecule has 1 fully saturated rings. The number of carbonyl (C=O) groups is 1. The number of nitrogens with zero attached hydrogens (tertiary/aromatic N) is 4. The van der Waals surface area contributed by atoms with E-state index in [-0.39, 0.29) is 23.8 Å². The Morgan fingerprint density at radius 2 is 2.00 bits per heavy atom. The standard InChI is InChI=1S/C20H26N4O2/c1-4-10-24-18(11-23-14-21-13-22-23)15(2)16(3)19(20(24)25)26-12-17-8-6-5-7-9-17/h4-9,13-16,18-19H,1,10-12H2,2-3H3. The van der Waals surface area contributed by atoms with Crippen LogP contribution in [0, 0.1) is 11.8 Å². The average Bonchev–Trinajstić information content (AvgIpc) is 3.17. The van der Waals surface area contributed by atoms with Crippen molar-refractivity contribution < 1.29 is 9.53 Å². The molecule has 1 saturated heterocycles. The van der Waals surface area contributed by atoms with Crippen molar-refractivity contribution in [3.8, 4) is 0 Å². The summed E-state index contributed by atoms with van der Waals surface area (Å²) in [6.45, 7) is 9.64. The lowest BCUT2D eigenvalue weighted by molar-refractivity contribution is -0.163. The van der Waals surface area contributed by atoms with Gasteiger partial charge in [0.15, 0.2) is 0 Å². The number of piperidine rings is 1. The molecule has 0 spiro atoms. The van der Waals surface area contributed by atoms with Gasteiger partial charge in [-0.3, -0.25) is 9.48 Å². The van der Waals surface area contributed by atoms with E-state index < -0.39 is 6.10 Å². The van der Waals surface area contributed by atoms with E-state index in [2.05, 4.69) is 30.5 Å². The lowest BCUT2D eigenvalue weighted by Gasteiger charge is -2.46. The maximum Gasteiger partial charge on any atom is 0.252 e. The molecule has 6 nitrogen and oxygen atoms in total. The highest BCUT2D eigenvalue weighted by molar-refractivity contribution is 5.82. The summed E-state index contributed by atoms with van der Waals surface area (Å²) in [5, 5.41) is 4.19. The molecule has 4 atom stereocenters. The molecule has 0 N–H and O–H groups in total. The van der Waals surface area contributed by atoms with E-state index in [9.17, 15) is 4.79 Å². The van der Waals surface area contributed by atoms with Crippen LogP contribution < -0.4 is 0 Å². The van der Waals surface area contributed by atoms with Crippen molar-refractivity contribution in [2.45, 2.75) is 39.1 Å². The quantitative estimate of drug-likeness (QED) is 0.717. The Labute approximate surface area is 154 Å². The van der Waals surface area contributed by atoms with Gasteiger partial charge in [-0.2, -0.15) is 5.10 Å². The molecule has 2 aromatic rings. The van der Waals surface area contributed by atoms with Gasteiger partial charge in [0.25, 0.3) is 5.91 Å². The molecule has 1 aliphatic heterocycles. The van der Waals surface area contributed by atoms with Gasteiger partial charge in [-0.15, -0.1) is 6.58 Å². The van der Waals surface area contributed by atoms with Crippen molar-refractivity contribution in [2.24, 2.45) is 11.8 Å². The van der Waals surface area contributed by atoms with Gasteiger partial charge in [0.1, 0.15) is 18.8 Å². The van der Waals surface area contributed by atoms with Crippen LogP contribution in [0.2, 0.25) is 0 Å². The normalized spacial score (nSPS) is 26.1. The third-order valence-electron chi connectivity index (χ3n) is 5.28. The molecule has 1 aliphatic rings. The van der Waals surface area contributed by atoms with Gasteiger partial charge in [0.05, 0.1) is 19.2 Å². The molecule has 138 valence electrons. The third-order valence-corrected chi connectivity index (χ3v) is 5.28. The molecule has 3 rings (SSSR count). The van der Waals surface area contributed by atoms with E-state index in [1.54, 1.807) is 17.1 Å². The van der Waals surface area contributed by atoms with Crippen LogP contribution in [-0.2, 0) is 22.7 Å². The van der Waals surface area contributed by atoms with Crippen LogP contribution in [0.1, 0.15) is 19.4 Å². The first-order valence-corrected chi connectivity index (χ1v) is 9.01.